The molecule has 0 fully saturated rings. The third-order valence-electron chi connectivity index (χ3n) is 5.08. The van der Waals surface area contributed by atoms with Gasteiger partial charge in [0.15, 0.2) is 5.78 Å². The first-order valence-corrected chi connectivity index (χ1v) is 9.55. The molecule has 0 aliphatic carbocycles. The summed E-state index contributed by atoms with van der Waals surface area (Å²) in [6.45, 7) is 1.69. The van der Waals surface area contributed by atoms with Crippen LogP contribution in [-0.2, 0) is 6.42 Å². The molecule has 1 aliphatic heterocycles. The number of halogens is 2. The van der Waals surface area contributed by atoms with Gasteiger partial charge < -0.3 is 10.1 Å². The maximum Gasteiger partial charge on any atom is 0.254 e. The van der Waals surface area contributed by atoms with Crippen molar-refractivity contribution in [1.29, 1.82) is 0 Å². The van der Waals surface area contributed by atoms with E-state index in [1.54, 1.807) is 6.07 Å². The van der Waals surface area contributed by atoms with Crippen LogP contribution in [0.15, 0.2) is 60.7 Å². The lowest BCUT2D eigenvalue weighted by Crippen LogP contribution is -2.34. The summed E-state index contributed by atoms with van der Waals surface area (Å²) in [7, 11) is 0. The van der Waals surface area contributed by atoms with E-state index in [0.29, 0.717) is 17.7 Å². The van der Waals surface area contributed by atoms with Crippen LogP contribution in [0.5, 0.6) is 5.75 Å². The lowest BCUT2D eigenvalue weighted by atomic mass is 9.95. The predicted molar refractivity (Wildman–Crippen MR) is 109 cm³/mol. The minimum Gasteiger partial charge on any atom is -0.488 e. The van der Waals surface area contributed by atoms with E-state index < -0.39 is 17.5 Å². The summed E-state index contributed by atoms with van der Waals surface area (Å²) in [5, 5.41) is 2.60. The van der Waals surface area contributed by atoms with Crippen molar-refractivity contribution < 1.29 is 23.1 Å². The van der Waals surface area contributed by atoms with Gasteiger partial charge in [-0.2, -0.15) is 0 Å². The van der Waals surface area contributed by atoms with Crippen LogP contribution >= 0.6 is 0 Å². The lowest BCUT2D eigenvalue weighted by Gasteiger charge is -2.12. The van der Waals surface area contributed by atoms with Crippen LogP contribution in [0, 0.1) is 11.6 Å². The second-order valence-electron chi connectivity index (χ2n) is 7.20. The van der Waals surface area contributed by atoms with E-state index in [1.165, 1.54) is 6.92 Å². The molecule has 0 spiro atoms. The van der Waals surface area contributed by atoms with Crippen molar-refractivity contribution in [1.82, 2.24) is 5.32 Å². The summed E-state index contributed by atoms with van der Waals surface area (Å²) in [6.07, 6.45) is 0.232. The molecule has 3 aromatic carbocycles. The molecule has 30 heavy (non-hydrogen) atoms. The standard InChI is InChI=1S/C24H19F2NO3/c1-14(28)19-4-2-3-5-20(19)15-6-9-23-16(10-15)11-18(30-23)13-27-24(29)21-12-17(25)7-8-22(21)26/h2-10,12,18H,11,13H2,1H3,(H,27,29). The van der Waals surface area contributed by atoms with Gasteiger partial charge in [-0.15, -0.1) is 0 Å². The average molecular weight is 407 g/mol. The van der Waals surface area contributed by atoms with E-state index in [9.17, 15) is 18.4 Å². The van der Waals surface area contributed by atoms with Crippen molar-refractivity contribution in [2.24, 2.45) is 0 Å². The Morgan fingerprint density at radius 2 is 1.83 bits per heavy atom. The molecular weight excluding hydrogens is 388 g/mol. The van der Waals surface area contributed by atoms with Crippen molar-refractivity contribution in [3.05, 3.63) is 89.0 Å². The van der Waals surface area contributed by atoms with Crippen molar-refractivity contribution >= 4 is 11.7 Å². The molecule has 0 saturated heterocycles. The monoisotopic (exact) mass is 407 g/mol. The molecule has 6 heteroatoms. The van der Waals surface area contributed by atoms with Crippen molar-refractivity contribution in [2.45, 2.75) is 19.4 Å². The summed E-state index contributed by atoms with van der Waals surface area (Å²) in [5.74, 6) is -1.45. The smallest absolute Gasteiger partial charge is 0.254 e. The zero-order valence-electron chi connectivity index (χ0n) is 16.2. The Hall–Kier alpha value is -3.54. The van der Waals surface area contributed by atoms with Gasteiger partial charge in [0.2, 0.25) is 0 Å². The number of ether oxygens (including phenoxy) is 1. The van der Waals surface area contributed by atoms with Crippen LogP contribution in [0.3, 0.4) is 0 Å². The molecule has 1 aliphatic rings. The predicted octanol–water partition coefficient (Wildman–Crippen LogP) is 4.57. The van der Waals surface area contributed by atoms with Gasteiger partial charge in [-0.25, -0.2) is 8.78 Å². The SMILES string of the molecule is CC(=O)c1ccccc1-c1ccc2c(c1)CC(CNC(=O)c1cc(F)ccc1F)O2. The quantitative estimate of drug-likeness (QED) is 0.631. The van der Waals surface area contributed by atoms with Crippen LogP contribution in [0.2, 0.25) is 0 Å². The first-order chi connectivity index (χ1) is 14.4. The second kappa shape index (κ2) is 8.06. The molecule has 1 amide bonds. The van der Waals surface area contributed by atoms with E-state index >= 15 is 0 Å². The molecule has 4 rings (SSSR count). The van der Waals surface area contributed by atoms with Crippen molar-refractivity contribution in [3.63, 3.8) is 0 Å². The van der Waals surface area contributed by atoms with Crippen LogP contribution < -0.4 is 10.1 Å². The molecule has 152 valence electrons. The first-order valence-electron chi connectivity index (χ1n) is 9.55. The van der Waals surface area contributed by atoms with Gasteiger partial charge in [-0.3, -0.25) is 9.59 Å². The Morgan fingerprint density at radius 3 is 2.63 bits per heavy atom. The summed E-state index contributed by atoms with van der Waals surface area (Å²) in [5.41, 5.74) is 3.04. The number of benzene rings is 3. The first kappa shape index (κ1) is 19.8. The highest BCUT2D eigenvalue weighted by atomic mass is 19.1. The summed E-state index contributed by atoms with van der Waals surface area (Å²) in [6, 6.07) is 15.9. The number of rotatable bonds is 5. The van der Waals surface area contributed by atoms with E-state index in [4.69, 9.17) is 4.74 Å². The number of hydrogen-bond acceptors (Lipinski definition) is 3. The molecule has 0 radical (unpaired) electrons. The number of Topliss-reactive ketones (excluding diaryl/α,β-unsaturated/α-hetero) is 1. The number of nitrogens with one attached hydrogen (secondary N) is 1. The van der Waals surface area contributed by atoms with E-state index in [0.717, 1.165) is 34.9 Å². The molecule has 1 unspecified atom stereocenters. The van der Waals surface area contributed by atoms with Crippen molar-refractivity contribution in [3.8, 4) is 16.9 Å². The molecule has 0 aromatic heterocycles. The molecular formula is C24H19F2NO3. The molecule has 3 aromatic rings. The summed E-state index contributed by atoms with van der Waals surface area (Å²) >= 11 is 0. The van der Waals surface area contributed by atoms with Crippen molar-refractivity contribution in [2.75, 3.05) is 6.54 Å². The van der Waals surface area contributed by atoms with E-state index in [-0.39, 0.29) is 24.0 Å². The maximum absolute atomic E-state index is 13.7. The minimum atomic E-state index is -0.779. The second-order valence-corrected chi connectivity index (χ2v) is 7.20. The topological polar surface area (TPSA) is 55.4 Å². The number of carbonyl (C=O) groups excluding carboxylic acids is 2. The maximum atomic E-state index is 13.7. The van der Waals surface area contributed by atoms with E-state index in [2.05, 4.69) is 5.32 Å². The minimum absolute atomic E-state index is 0.00693. The number of fused-ring (bicyclic) bond motifs is 1. The van der Waals surface area contributed by atoms with Gasteiger partial charge in [0, 0.05) is 12.0 Å². The van der Waals surface area contributed by atoms with Gasteiger partial charge in [0.1, 0.15) is 23.5 Å². The van der Waals surface area contributed by atoms with Gasteiger partial charge >= 0.3 is 0 Å². The highest BCUT2D eigenvalue weighted by molar-refractivity contribution is 6.00. The number of carbonyl (C=O) groups is 2. The van der Waals surface area contributed by atoms with Gasteiger partial charge in [-0.1, -0.05) is 30.3 Å². The Balaban J connectivity index is 1.46. The Morgan fingerprint density at radius 1 is 1.03 bits per heavy atom. The van der Waals surface area contributed by atoms with Crippen LogP contribution in [0.1, 0.15) is 33.2 Å². The van der Waals surface area contributed by atoms with Gasteiger partial charge in [-0.05, 0) is 53.9 Å². The van der Waals surface area contributed by atoms with Gasteiger partial charge in [0.25, 0.3) is 5.91 Å². The highest BCUT2D eigenvalue weighted by Gasteiger charge is 2.25. The van der Waals surface area contributed by atoms with Crippen LogP contribution in [0.25, 0.3) is 11.1 Å². The summed E-state index contributed by atoms with van der Waals surface area (Å²) < 4.78 is 32.9. The molecule has 1 atom stereocenters. The Bertz CT molecular complexity index is 1140. The molecule has 0 bridgehead atoms. The third-order valence-corrected chi connectivity index (χ3v) is 5.08. The molecule has 0 saturated carbocycles. The summed E-state index contributed by atoms with van der Waals surface area (Å²) in [4.78, 5) is 24.1. The fourth-order valence-electron chi connectivity index (χ4n) is 3.62. The lowest BCUT2D eigenvalue weighted by molar-refractivity contribution is 0.0928. The average Bonchev–Trinajstić information content (AvgIpc) is 3.15. The van der Waals surface area contributed by atoms with E-state index in [1.807, 2.05) is 36.4 Å². The van der Waals surface area contributed by atoms with Crippen LogP contribution in [0.4, 0.5) is 8.78 Å². The highest BCUT2D eigenvalue weighted by Crippen LogP contribution is 2.34. The number of amides is 1. The van der Waals surface area contributed by atoms with Crippen LogP contribution in [-0.4, -0.2) is 24.3 Å². The molecule has 1 heterocycles. The fourth-order valence-corrected chi connectivity index (χ4v) is 3.62. The largest absolute Gasteiger partial charge is 0.488 e. The number of hydrogen-bond donors (Lipinski definition) is 1. The number of ketones is 1. The Labute approximate surface area is 172 Å². The zero-order chi connectivity index (χ0) is 21.3. The Kier molecular flexibility index (Phi) is 5.31. The molecule has 4 nitrogen and oxygen atoms in total. The zero-order valence-corrected chi connectivity index (χ0v) is 16.2. The van der Waals surface area contributed by atoms with Gasteiger partial charge in [0.05, 0.1) is 12.1 Å². The third kappa shape index (κ3) is 3.94. The fraction of sp³-hybridized carbons (Fsp3) is 0.167. The molecule has 1 N–H and O–H groups in total. The normalized spacial score (nSPS) is 14.7.